The zero-order chi connectivity index (χ0) is 11.0. The summed E-state index contributed by atoms with van der Waals surface area (Å²) in [6, 6.07) is 0. The summed E-state index contributed by atoms with van der Waals surface area (Å²) in [5.74, 6) is 0.354. The second-order valence-electron chi connectivity index (χ2n) is 3.83. The normalized spacial score (nSPS) is 10.3. The molecule has 0 radical (unpaired) electrons. The molecule has 0 aromatic heterocycles. The number of carbonyl (C=O) groups is 1. The minimum atomic E-state index is -0.405. The van der Waals surface area contributed by atoms with E-state index >= 15 is 0 Å². The molecule has 0 fully saturated rings. The average Bonchev–Trinajstić information content (AvgIpc) is 2.09. The summed E-state index contributed by atoms with van der Waals surface area (Å²) in [4.78, 5) is 11.1. The first-order valence-electron chi connectivity index (χ1n) is 5.09. The van der Waals surface area contributed by atoms with E-state index in [1.807, 2.05) is 0 Å². The van der Waals surface area contributed by atoms with E-state index in [0.717, 1.165) is 18.8 Å². The molecule has 0 unspecified atom stereocenters. The van der Waals surface area contributed by atoms with Gasteiger partial charge in [-0.3, -0.25) is 0 Å². The Labute approximate surface area is 92.1 Å². The molecule has 14 heavy (non-hydrogen) atoms. The Morgan fingerprint density at radius 3 is 2.50 bits per heavy atom. The first-order chi connectivity index (χ1) is 6.54. The molecule has 0 amide bonds. The van der Waals surface area contributed by atoms with Gasteiger partial charge in [-0.15, -0.1) is 12.6 Å². The predicted octanol–water partition coefficient (Wildman–Crippen LogP) is 3.19. The molecule has 0 heterocycles. The van der Waals surface area contributed by atoms with Crippen LogP contribution >= 0.6 is 12.6 Å². The second-order valence-corrected chi connectivity index (χ2v) is 4.37. The molecule has 0 saturated heterocycles. The lowest BCUT2D eigenvalue weighted by molar-refractivity contribution is -0.138. The third-order valence-electron chi connectivity index (χ3n) is 1.89. The van der Waals surface area contributed by atoms with Crippen molar-refractivity contribution >= 4 is 18.6 Å². The van der Waals surface area contributed by atoms with E-state index in [4.69, 9.17) is 4.74 Å². The van der Waals surface area contributed by atoms with E-state index in [2.05, 4.69) is 33.1 Å². The molecule has 0 aliphatic carbocycles. The number of carbonyl (C=O) groups excluding carboxylic acids is 1. The van der Waals surface area contributed by atoms with Crippen molar-refractivity contribution < 1.29 is 9.53 Å². The molecule has 0 aliphatic rings. The molecule has 0 atom stereocenters. The molecule has 0 bridgehead atoms. The number of hydrogen-bond acceptors (Lipinski definition) is 3. The Kier molecular flexibility index (Phi) is 7.67. The van der Waals surface area contributed by atoms with E-state index in [9.17, 15) is 4.79 Å². The van der Waals surface area contributed by atoms with Gasteiger partial charge in [0.25, 0.3) is 0 Å². The van der Waals surface area contributed by atoms with Gasteiger partial charge in [-0.2, -0.15) is 0 Å². The van der Waals surface area contributed by atoms with Gasteiger partial charge in [0.05, 0.1) is 11.5 Å². The number of esters is 1. The van der Waals surface area contributed by atoms with Crippen molar-refractivity contribution in [2.45, 2.75) is 39.5 Å². The summed E-state index contributed by atoms with van der Waals surface area (Å²) in [7, 11) is 0. The molecule has 0 spiro atoms. The topological polar surface area (TPSA) is 26.3 Å². The fourth-order valence-corrected chi connectivity index (χ4v) is 1.14. The SMILES string of the molecule is C=C(S)C(=O)OCCCCCC(C)C. The number of hydrogen-bond donors (Lipinski definition) is 1. The number of rotatable bonds is 7. The van der Waals surface area contributed by atoms with Crippen molar-refractivity contribution in [2.75, 3.05) is 6.61 Å². The lowest BCUT2D eigenvalue weighted by Crippen LogP contribution is -2.05. The highest BCUT2D eigenvalue weighted by Crippen LogP contribution is 2.08. The molecule has 0 aliphatic heterocycles. The number of thiol groups is 1. The quantitative estimate of drug-likeness (QED) is 0.306. The number of ether oxygens (including phenoxy) is 1. The third kappa shape index (κ3) is 8.17. The van der Waals surface area contributed by atoms with Gasteiger partial charge in [0, 0.05) is 0 Å². The van der Waals surface area contributed by atoms with Crippen molar-refractivity contribution in [3.8, 4) is 0 Å². The van der Waals surface area contributed by atoms with Gasteiger partial charge in [0.1, 0.15) is 0 Å². The van der Waals surface area contributed by atoms with Crippen LogP contribution < -0.4 is 0 Å². The molecule has 2 nitrogen and oxygen atoms in total. The maximum atomic E-state index is 10.9. The first-order valence-corrected chi connectivity index (χ1v) is 5.53. The van der Waals surface area contributed by atoms with Crippen LogP contribution in [-0.4, -0.2) is 12.6 Å². The van der Waals surface area contributed by atoms with Crippen LogP contribution in [0.15, 0.2) is 11.5 Å². The van der Waals surface area contributed by atoms with Crippen LogP contribution in [0.25, 0.3) is 0 Å². The molecule has 0 aromatic carbocycles. The fourth-order valence-electron chi connectivity index (χ4n) is 1.08. The van der Waals surface area contributed by atoms with E-state index in [1.54, 1.807) is 0 Å². The molecular formula is C11H20O2S. The highest BCUT2D eigenvalue weighted by atomic mass is 32.1. The van der Waals surface area contributed by atoms with Crippen LogP contribution in [0, 0.1) is 5.92 Å². The fraction of sp³-hybridized carbons (Fsp3) is 0.727. The Morgan fingerprint density at radius 1 is 1.36 bits per heavy atom. The maximum absolute atomic E-state index is 10.9. The monoisotopic (exact) mass is 216 g/mol. The van der Waals surface area contributed by atoms with Crippen LogP contribution in [0.3, 0.4) is 0 Å². The van der Waals surface area contributed by atoms with Gasteiger partial charge in [-0.25, -0.2) is 4.79 Å². The summed E-state index contributed by atoms with van der Waals surface area (Å²) in [5, 5.41) is 0. The molecule has 0 saturated carbocycles. The van der Waals surface area contributed by atoms with Crippen molar-refractivity contribution in [3.05, 3.63) is 11.5 Å². The summed E-state index contributed by atoms with van der Waals surface area (Å²) in [6.07, 6.45) is 4.49. The molecule has 0 rings (SSSR count). The van der Waals surface area contributed by atoms with Crippen molar-refractivity contribution in [1.82, 2.24) is 0 Å². The van der Waals surface area contributed by atoms with Gasteiger partial charge in [0.15, 0.2) is 0 Å². The Morgan fingerprint density at radius 2 is 2.00 bits per heavy atom. The van der Waals surface area contributed by atoms with Crippen LogP contribution in [-0.2, 0) is 9.53 Å². The lowest BCUT2D eigenvalue weighted by Gasteiger charge is -2.05. The van der Waals surface area contributed by atoms with Gasteiger partial charge >= 0.3 is 5.97 Å². The number of unbranched alkanes of at least 4 members (excludes halogenated alkanes) is 2. The molecular weight excluding hydrogens is 196 g/mol. The summed E-state index contributed by atoms with van der Waals surface area (Å²) < 4.78 is 4.90. The van der Waals surface area contributed by atoms with Crippen LogP contribution in [0.2, 0.25) is 0 Å². The predicted molar refractivity (Wildman–Crippen MR) is 62.4 cm³/mol. The zero-order valence-electron chi connectivity index (χ0n) is 9.08. The van der Waals surface area contributed by atoms with E-state index in [1.165, 1.54) is 12.8 Å². The first kappa shape index (κ1) is 13.6. The zero-order valence-corrected chi connectivity index (χ0v) is 9.98. The second kappa shape index (κ2) is 7.92. The Hall–Kier alpha value is -0.440. The van der Waals surface area contributed by atoms with Crippen molar-refractivity contribution in [2.24, 2.45) is 5.92 Å². The largest absolute Gasteiger partial charge is 0.462 e. The van der Waals surface area contributed by atoms with Gasteiger partial charge in [-0.1, -0.05) is 39.7 Å². The summed E-state index contributed by atoms with van der Waals surface area (Å²) >= 11 is 3.79. The van der Waals surface area contributed by atoms with Crippen LogP contribution in [0.4, 0.5) is 0 Å². The third-order valence-corrected chi connectivity index (χ3v) is 2.08. The molecule has 3 heteroatoms. The minimum absolute atomic E-state index is 0.173. The van der Waals surface area contributed by atoms with Crippen molar-refractivity contribution in [3.63, 3.8) is 0 Å². The van der Waals surface area contributed by atoms with Gasteiger partial charge < -0.3 is 4.74 Å². The van der Waals surface area contributed by atoms with E-state index < -0.39 is 5.97 Å². The van der Waals surface area contributed by atoms with Crippen molar-refractivity contribution in [1.29, 1.82) is 0 Å². The standard InChI is InChI=1S/C11H20O2S/c1-9(2)7-5-4-6-8-13-11(12)10(3)14/h9,14H,3-8H2,1-2H3. The molecule has 0 N–H and O–H groups in total. The summed E-state index contributed by atoms with van der Waals surface area (Å²) in [6.45, 7) is 8.29. The van der Waals surface area contributed by atoms with Crippen LogP contribution in [0.5, 0.6) is 0 Å². The van der Waals surface area contributed by atoms with Gasteiger partial charge in [0.2, 0.25) is 0 Å². The molecule has 82 valence electrons. The lowest BCUT2D eigenvalue weighted by atomic mass is 10.1. The Balaban J connectivity index is 3.22. The maximum Gasteiger partial charge on any atom is 0.343 e. The van der Waals surface area contributed by atoms with Gasteiger partial charge in [-0.05, 0) is 12.3 Å². The minimum Gasteiger partial charge on any atom is -0.462 e. The highest BCUT2D eigenvalue weighted by molar-refractivity contribution is 7.85. The summed E-state index contributed by atoms with van der Waals surface area (Å²) in [5.41, 5.74) is 0. The van der Waals surface area contributed by atoms with E-state index in [0.29, 0.717) is 6.61 Å². The van der Waals surface area contributed by atoms with Crippen LogP contribution in [0.1, 0.15) is 39.5 Å². The molecule has 0 aromatic rings. The smallest absolute Gasteiger partial charge is 0.343 e. The average molecular weight is 216 g/mol. The highest BCUT2D eigenvalue weighted by Gasteiger charge is 2.02. The van der Waals surface area contributed by atoms with E-state index in [-0.39, 0.29) is 4.91 Å². The Bertz CT molecular complexity index is 188.